The molecule has 0 spiro atoms. The molecule has 1 nitrogen and oxygen atoms in total. The van der Waals surface area contributed by atoms with Crippen molar-refractivity contribution in [3.63, 3.8) is 0 Å². The van der Waals surface area contributed by atoms with Crippen LogP contribution in [0.3, 0.4) is 0 Å². The van der Waals surface area contributed by atoms with E-state index < -0.39 is 0 Å². The van der Waals surface area contributed by atoms with Gasteiger partial charge < -0.3 is 0 Å². The number of carbonyl (C=O) groups excluding carboxylic acids is 1. The molecule has 0 N–H and O–H groups in total. The van der Waals surface area contributed by atoms with Crippen molar-refractivity contribution in [2.75, 3.05) is 0 Å². The molecule has 0 saturated carbocycles. The lowest BCUT2D eigenvalue weighted by Gasteiger charge is -2.03. The van der Waals surface area contributed by atoms with E-state index in [4.69, 9.17) is 0 Å². The van der Waals surface area contributed by atoms with Gasteiger partial charge in [0.15, 0.2) is 0 Å². The minimum Gasteiger partial charge on any atom is -0.299 e. The molecule has 2 heteroatoms. The molecule has 3 rings (SSSR count). The summed E-state index contributed by atoms with van der Waals surface area (Å²) in [5.41, 5.74) is 2.33. The molecule has 0 amide bonds. The summed E-state index contributed by atoms with van der Waals surface area (Å²) in [6.45, 7) is 2.06. The summed E-state index contributed by atoms with van der Waals surface area (Å²) in [4.78, 5) is 13.4. The Balaban J connectivity index is 1.74. The van der Waals surface area contributed by atoms with Gasteiger partial charge in [-0.25, -0.2) is 0 Å². The van der Waals surface area contributed by atoms with Gasteiger partial charge in [0.1, 0.15) is 5.78 Å². The van der Waals surface area contributed by atoms with Crippen molar-refractivity contribution in [3.8, 4) is 0 Å². The zero-order chi connectivity index (χ0) is 13.9. The van der Waals surface area contributed by atoms with Gasteiger partial charge in [-0.3, -0.25) is 4.79 Å². The van der Waals surface area contributed by atoms with E-state index in [0.717, 1.165) is 10.4 Å². The molecule has 0 aliphatic heterocycles. The first-order valence-electron chi connectivity index (χ1n) is 6.76. The van der Waals surface area contributed by atoms with Crippen LogP contribution in [0, 0.1) is 6.92 Å². The molecule has 3 aromatic rings. The van der Waals surface area contributed by atoms with E-state index in [9.17, 15) is 4.79 Å². The Morgan fingerprint density at radius 1 is 1.00 bits per heavy atom. The minimum absolute atomic E-state index is 0.283. The van der Waals surface area contributed by atoms with Crippen LogP contribution in [0.1, 0.15) is 16.0 Å². The number of hydrogen-bond acceptors (Lipinski definition) is 2. The second-order valence-corrected chi connectivity index (χ2v) is 6.24. The normalized spacial score (nSPS) is 10.8. The summed E-state index contributed by atoms with van der Waals surface area (Å²) in [5, 5.41) is 1.23. The molecule has 20 heavy (non-hydrogen) atoms. The van der Waals surface area contributed by atoms with E-state index >= 15 is 0 Å². The van der Waals surface area contributed by atoms with Crippen LogP contribution in [0.2, 0.25) is 0 Å². The van der Waals surface area contributed by atoms with Crippen LogP contribution < -0.4 is 0 Å². The summed E-state index contributed by atoms with van der Waals surface area (Å²) in [6, 6.07) is 18.5. The first-order valence-corrected chi connectivity index (χ1v) is 7.58. The number of Topliss-reactive ketones (excluding diaryl/α,β-unsaturated/α-hetero) is 1. The van der Waals surface area contributed by atoms with Gasteiger partial charge in [0.25, 0.3) is 0 Å². The van der Waals surface area contributed by atoms with Crippen molar-refractivity contribution in [2.24, 2.45) is 0 Å². The van der Waals surface area contributed by atoms with Gasteiger partial charge in [-0.15, -0.1) is 11.3 Å². The highest BCUT2D eigenvalue weighted by atomic mass is 32.1. The molecule has 0 saturated heterocycles. The van der Waals surface area contributed by atoms with Crippen LogP contribution in [0.4, 0.5) is 0 Å². The van der Waals surface area contributed by atoms with Crippen LogP contribution >= 0.6 is 11.3 Å². The van der Waals surface area contributed by atoms with Crippen molar-refractivity contribution in [2.45, 2.75) is 19.8 Å². The lowest BCUT2D eigenvalue weighted by molar-refractivity contribution is -0.117. The first kappa shape index (κ1) is 13.1. The van der Waals surface area contributed by atoms with Gasteiger partial charge in [0.2, 0.25) is 0 Å². The van der Waals surface area contributed by atoms with E-state index in [0.29, 0.717) is 12.8 Å². The van der Waals surface area contributed by atoms with Gasteiger partial charge in [0, 0.05) is 22.4 Å². The number of thiophene rings is 1. The molecule has 0 radical (unpaired) electrons. The zero-order valence-electron chi connectivity index (χ0n) is 11.4. The Morgan fingerprint density at radius 3 is 2.55 bits per heavy atom. The fourth-order valence-corrected chi connectivity index (χ4v) is 3.49. The average molecular weight is 280 g/mol. The number of fused-ring (bicyclic) bond motifs is 1. The van der Waals surface area contributed by atoms with Gasteiger partial charge in [-0.2, -0.15) is 0 Å². The lowest BCUT2D eigenvalue weighted by Crippen LogP contribution is -2.06. The van der Waals surface area contributed by atoms with Crippen LogP contribution in [0.5, 0.6) is 0 Å². The van der Waals surface area contributed by atoms with Crippen molar-refractivity contribution in [1.29, 1.82) is 0 Å². The van der Waals surface area contributed by atoms with Crippen LogP contribution in [0.15, 0.2) is 54.6 Å². The highest BCUT2D eigenvalue weighted by Crippen LogP contribution is 2.26. The van der Waals surface area contributed by atoms with E-state index in [1.54, 1.807) is 11.3 Å². The average Bonchev–Trinajstić information content (AvgIpc) is 2.83. The zero-order valence-corrected chi connectivity index (χ0v) is 12.2. The third-order valence-corrected chi connectivity index (χ3v) is 4.61. The summed E-state index contributed by atoms with van der Waals surface area (Å²) >= 11 is 1.72. The maximum atomic E-state index is 12.2. The maximum Gasteiger partial charge on any atom is 0.142 e. The van der Waals surface area contributed by atoms with Gasteiger partial charge in [-0.1, -0.05) is 42.5 Å². The molecular formula is C18H16OS. The molecule has 0 aliphatic carbocycles. The minimum atomic E-state index is 0.283. The molecule has 1 aromatic heterocycles. The fourth-order valence-electron chi connectivity index (χ4n) is 2.40. The van der Waals surface area contributed by atoms with Crippen LogP contribution in [-0.4, -0.2) is 5.78 Å². The SMILES string of the molecule is Cc1ccccc1CC(=O)Cc1cc2ccccc2s1. The van der Waals surface area contributed by atoms with E-state index in [2.05, 4.69) is 31.2 Å². The van der Waals surface area contributed by atoms with Crippen molar-refractivity contribution >= 4 is 27.2 Å². The third kappa shape index (κ3) is 2.81. The van der Waals surface area contributed by atoms with Crippen molar-refractivity contribution in [3.05, 3.63) is 70.6 Å². The molecular weight excluding hydrogens is 264 g/mol. The maximum absolute atomic E-state index is 12.2. The molecule has 1 heterocycles. The predicted molar refractivity (Wildman–Crippen MR) is 85.4 cm³/mol. The number of benzene rings is 2. The Morgan fingerprint density at radius 2 is 1.75 bits per heavy atom. The van der Waals surface area contributed by atoms with Crippen molar-refractivity contribution in [1.82, 2.24) is 0 Å². The topological polar surface area (TPSA) is 17.1 Å². The molecule has 0 fully saturated rings. The first-order chi connectivity index (χ1) is 9.72. The lowest BCUT2D eigenvalue weighted by atomic mass is 10.0. The smallest absolute Gasteiger partial charge is 0.142 e. The number of aryl methyl sites for hydroxylation is 1. The third-order valence-electron chi connectivity index (χ3n) is 3.50. The summed E-state index contributed by atoms with van der Waals surface area (Å²) in [7, 11) is 0. The Kier molecular flexibility index (Phi) is 3.66. The molecule has 0 atom stereocenters. The Bertz CT molecular complexity index is 722. The second kappa shape index (κ2) is 5.59. The molecule has 0 aliphatic rings. The highest BCUT2D eigenvalue weighted by molar-refractivity contribution is 7.19. The predicted octanol–water partition coefficient (Wildman–Crippen LogP) is 4.56. The van der Waals surface area contributed by atoms with Gasteiger partial charge in [-0.05, 0) is 35.6 Å². The quantitative estimate of drug-likeness (QED) is 0.684. The van der Waals surface area contributed by atoms with Gasteiger partial charge in [0.05, 0.1) is 0 Å². The fraction of sp³-hybridized carbons (Fsp3) is 0.167. The highest BCUT2D eigenvalue weighted by Gasteiger charge is 2.09. The van der Waals surface area contributed by atoms with E-state index in [1.807, 2.05) is 30.3 Å². The number of hydrogen-bond donors (Lipinski definition) is 0. The summed E-state index contributed by atoms with van der Waals surface area (Å²) in [6.07, 6.45) is 1.06. The van der Waals surface area contributed by atoms with Crippen LogP contribution in [-0.2, 0) is 17.6 Å². The summed E-state index contributed by atoms with van der Waals surface area (Å²) in [5.74, 6) is 0.283. The second-order valence-electron chi connectivity index (χ2n) is 5.07. The number of carbonyl (C=O) groups is 1. The Hall–Kier alpha value is -1.93. The summed E-state index contributed by atoms with van der Waals surface area (Å²) < 4.78 is 1.26. The standard InChI is InChI=1S/C18H16OS/c1-13-6-2-3-7-14(13)10-16(19)12-17-11-15-8-4-5-9-18(15)20-17/h2-9,11H,10,12H2,1H3. The van der Waals surface area contributed by atoms with Crippen LogP contribution in [0.25, 0.3) is 10.1 Å². The monoisotopic (exact) mass is 280 g/mol. The van der Waals surface area contributed by atoms with Gasteiger partial charge >= 0.3 is 0 Å². The largest absolute Gasteiger partial charge is 0.299 e. The van der Waals surface area contributed by atoms with Crippen molar-refractivity contribution < 1.29 is 4.79 Å². The van der Waals surface area contributed by atoms with E-state index in [-0.39, 0.29) is 5.78 Å². The van der Waals surface area contributed by atoms with E-state index in [1.165, 1.54) is 15.6 Å². The number of ketones is 1. The molecule has 0 unspecified atom stereocenters. The number of rotatable bonds is 4. The molecule has 100 valence electrons. The molecule has 0 bridgehead atoms. The Labute approximate surface area is 122 Å². The molecule has 2 aromatic carbocycles.